The van der Waals surface area contributed by atoms with Gasteiger partial charge in [-0.2, -0.15) is 0 Å². The summed E-state index contributed by atoms with van der Waals surface area (Å²) in [7, 11) is 3.50. The molecule has 1 aromatic heterocycles. The first-order valence-corrected chi connectivity index (χ1v) is 7.52. The molecule has 0 aliphatic carbocycles. The number of benzene rings is 1. The molecule has 0 aliphatic rings. The minimum Gasteiger partial charge on any atom is -0.373 e. The summed E-state index contributed by atoms with van der Waals surface area (Å²) in [6.45, 7) is 0.529. The van der Waals surface area contributed by atoms with Gasteiger partial charge in [0.25, 0.3) is 5.91 Å². The van der Waals surface area contributed by atoms with Gasteiger partial charge in [0.15, 0.2) is 0 Å². The lowest BCUT2D eigenvalue weighted by molar-refractivity contribution is 0.0785. The molecule has 0 saturated carbocycles. The highest BCUT2D eigenvalue weighted by molar-refractivity contribution is 9.10. The second-order valence-electron chi connectivity index (χ2n) is 4.60. The van der Waals surface area contributed by atoms with Crippen LogP contribution in [0, 0.1) is 0 Å². The number of hydrogen-bond acceptors (Lipinski definition) is 3. The van der Waals surface area contributed by atoms with Crippen LogP contribution in [0.15, 0.2) is 40.9 Å². The number of pyridine rings is 1. The van der Waals surface area contributed by atoms with Crippen LogP contribution in [0.25, 0.3) is 0 Å². The minimum atomic E-state index is -0.0984. The molecule has 0 aliphatic heterocycles. The molecule has 0 spiro atoms. The number of hydrogen-bond donors (Lipinski definition) is 1. The number of amides is 1. The molecule has 21 heavy (non-hydrogen) atoms. The van der Waals surface area contributed by atoms with Crippen molar-refractivity contribution in [2.45, 2.75) is 6.54 Å². The van der Waals surface area contributed by atoms with E-state index in [1.165, 1.54) is 0 Å². The van der Waals surface area contributed by atoms with Gasteiger partial charge in [0.1, 0.15) is 11.0 Å². The first-order valence-electron chi connectivity index (χ1n) is 6.35. The maximum atomic E-state index is 12.4. The Labute approximate surface area is 137 Å². The molecular formula is C15H15BrClN3O. The quantitative estimate of drug-likeness (QED) is 0.835. The average molecular weight is 369 g/mol. The third-order valence-electron chi connectivity index (χ3n) is 2.98. The summed E-state index contributed by atoms with van der Waals surface area (Å²) in [6.07, 6.45) is 0. The fraction of sp³-hybridized carbons (Fsp3) is 0.200. The van der Waals surface area contributed by atoms with Crippen LogP contribution >= 0.6 is 27.5 Å². The van der Waals surface area contributed by atoms with E-state index in [0.717, 1.165) is 10.0 Å². The summed E-state index contributed by atoms with van der Waals surface area (Å²) in [5, 5.41) is 3.18. The fourth-order valence-electron chi connectivity index (χ4n) is 1.90. The number of halogens is 2. The van der Waals surface area contributed by atoms with E-state index in [2.05, 4.69) is 26.2 Å². The molecule has 0 radical (unpaired) electrons. The highest BCUT2D eigenvalue weighted by atomic mass is 79.9. The fourth-order valence-corrected chi connectivity index (χ4v) is 2.38. The maximum absolute atomic E-state index is 12.4. The van der Waals surface area contributed by atoms with Crippen molar-refractivity contribution < 1.29 is 4.79 Å². The number of carbonyl (C=O) groups excluding carboxylic acids is 1. The molecule has 1 N–H and O–H groups in total. The van der Waals surface area contributed by atoms with Gasteiger partial charge in [-0.1, -0.05) is 39.7 Å². The Kier molecular flexibility index (Phi) is 5.20. The Bertz CT molecular complexity index is 646. The van der Waals surface area contributed by atoms with E-state index in [9.17, 15) is 4.79 Å². The van der Waals surface area contributed by atoms with Crippen LogP contribution in [-0.4, -0.2) is 29.9 Å². The summed E-state index contributed by atoms with van der Waals surface area (Å²) in [5.74, 6) is 0.474. The predicted molar refractivity (Wildman–Crippen MR) is 88.7 cm³/mol. The van der Waals surface area contributed by atoms with Crippen molar-refractivity contribution in [2.24, 2.45) is 0 Å². The van der Waals surface area contributed by atoms with Crippen LogP contribution in [0.4, 0.5) is 5.82 Å². The SMILES string of the molecule is CNc1cc(C(=O)N(C)Cc2ccc(Br)cc2)cc(Cl)n1. The van der Waals surface area contributed by atoms with Gasteiger partial charge in [0.05, 0.1) is 0 Å². The number of nitrogens with zero attached hydrogens (tertiary/aromatic N) is 2. The molecule has 0 saturated heterocycles. The van der Waals surface area contributed by atoms with Crippen LogP contribution in [0.1, 0.15) is 15.9 Å². The van der Waals surface area contributed by atoms with Gasteiger partial charge in [0, 0.05) is 30.7 Å². The monoisotopic (exact) mass is 367 g/mol. The molecule has 0 bridgehead atoms. The topological polar surface area (TPSA) is 45.2 Å². The van der Waals surface area contributed by atoms with E-state index in [1.807, 2.05) is 24.3 Å². The van der Waals surface area contributed by atoms with Crippen molar-refractivity contribution >= 4 is 39.3 Å². The van der Waals surface area contributed by atoms with Gasteiger partial charge in [-0.05, 0) is 29.8 Å². The van der Waals surface area contributed by atoms with Crippen molar-refractivity contribution in [3.8, 4) is 0 Å². The largest absolute Gasteiger partial charge is 0.373 e. The molecule has 4 nitrogen and oxygen atoms in total. The predicted octanol–water partition coefficient (Wildman–Crippen LogP) is 3.81. The van der Waals surface area contributed by atoms with Crippen LogP contribution in [0.3, 0.4) is 0 Å². The standard InChI is InChI=1S/C15H15BrClN3O/c1-18-14-8-11(7-13(17)19-14)15(21)20(2)9-10-3-5-12(16)6-4-10/h3-8H,9H2,1-2H3,(H,18,19). The van der Waals surface area contributed by atoms with Crippen LogP contribution < -0.4 is 5.32 Å². The zero-order valence-corrected chi connectivity index (χ0v) is 14.1. The zero-order chi connectivity index (χ0) is 15.4. The van der Waals surface area contributed by atoms with Gasteiger partial charge < -0.3 is 10.2 Å². The van der Waals surface area contributed by atoms with Gasteiger partial charge in [-0.3, -0.25) is 4.79 Å². The molecule has 0 atom stereocenters. The highest BCUT2D eigenvalue weighted by Crippen LogP contribution is 2.17. The second-order valence-corrected chi connectivity index (χ2v) is 5.90. The van der Waals surface area contributed by atoms with E-state index in [4.69, 9.17) is 11.6 Å². The van der Waals surface area contributed by atoms with E-state index in [1.54, 1.807) is 31.1 Å². The van der Waals surface area contributed by atoms with Crippen molar-refractivity contribution in [2.75, 3.05) is 19.4 Å². The highest BCUT2D eigenvalue weighted by Gasteiger charge is 2.14. The summed E-state index contributed by atoms with van der Waals surface area (Å²) in [4.78, 5) is 18.2. The number of aromatic nitrogens is 1. The third-order valence-corrected chi connectivity index (χ3v) is 3.70. The van der Waals surface area contributed by atoms with E-state index in [0.29, 0.717) is 23.1 Å². The Balaban J connectivity index is 2.15. The van der Waals surface area contributed by atoms with Crippen LogP contribution in [0.2, 0.25) is 5.15 Å². The normalized spacial score (nSPS) is 10.3. The Hall–Kier alpha value is -1.59. The van der Waals surface area contributed by atoms with Gasteiger partial charge >= 0.3 is 0 Å². The maximum Gasteiger partial charge on any atom is 0.254 e. The summed E-state index contributed by atoms with van der Waals surface area (Å²) in [6, 6.07) is 11.1. The molecule has 0 unspecified atom stereocenters. The van der Waals surface area contributed by atoms with Crippen LogP contribution in [0.5, 0.6) is 0 Å². The zero-order valence-electron chi connectivity index (χ0n) is 11.7. The molecule has 1 aromatic carbocycles. The first kappa shape index (κ1) is 15.8. The molecule has 6 heteroatoms. The summed E-state index contributed by atoms with van der Waals surface area (Å²) in [5.41, 5.74) is 1.57. The Morgan fingerprint density at radius 2 is 2.00 bits per heavy atom. The van der Waals surface area contributed by atoms with E-state index < -0.39 is 0 Å². The molecule has 0 fully saturated rings. The molecule has 2 rings (SSSR count). The number of nitrogens with one attached hydrogen (secondary N) is 1. The molecule has 2 aromatic rings. The van der Waals surface area contributed by atoms with E-state index in [-0.39, 0.29) is 5.91 Å². The summed E-state index contributed by atoms with van der Waals surface area (Å²) < 4.78 is 1.01. The van der Waals surface area contributed by atoms with Gasteiger partial charge in [0.2, 0.25) is 0 Å². The van der Waals surface area contributed by atoms with E-state index >= 15 is 0 Å². The minimum absolute atomic E-state index is 0.0984. The first-order chi connectivity index (χ1) is 9.99. The summed E-state index contributed by atoms with van der Waals surface area (Å²) >= 11 is 9.32. The lowest BCUT2D eigenvalue weighted by Crippen LogP contribution is -2.26. The Morgan fingerprint density at radius 1 is 1.33 bits per heavy atom. The molecule has 110 valence electrons. The number of carbonyl (C=O) groups is 1. The van der Waals surface area contributed by atoms with Gasteiger partial charge in [-0.25, -0.2) is 4.98 Å². The third kappa shape index (κ3) is 4.19. The van der Waals surface area contributed by atoms with Crippen molar-refractivity contribution in [1.82, 2.24) is 9.88 Å². The van der Waals surface area contributed by atoms with Crippen molar-refractivity contribution in [3.05, 3.63) is 57.2 Å². The molecule has 1 amide bonds. The Morgan fingerprint density at radius 3 is 2.62 bits per heavy atom. The average Bonchev–Trinajstić information content (AvgIpc) is 2.48. The van der Waals surface area contributed by atoms with Crippen molar-refractivity contribution in [1.29, 1.82) is 0 Å². The molecular weight excluding hydrogens is 354 g/mol. The number of anilines is 1. The number of rotatable bonds is 4. The van der Waals surface area contributed by atoms with Crippen LogP contribution in [-0.2, 0) is 6.54 Å². The lowest BCUT2D eigenvalue weighted by Gasteiger charge is -2.18. The molecule has 1 heterocycles. The van der Waals surface area contributed by atoms with Crippen molar-refractivity contribution in [3.63, 3.8) is 0 Å². The second kappa shape index (κ2) is 6.91. The smallest absolute Gasteiger partial charge is 0.254 e. The lowest BCUT2D eigenvalue weighted by atomic mass is 10.2. The van der Waals surface area contributed by atoms with Gasteiger partial charge in [-0.15, -0.1) is 0 Å².